The second kappa shape index (κ2) is 7.83. The quantitative estimate of drug-likeness (QED) is 0.396. The van der Waals surface area contributed by atoms with E-state index in [2.05, 4.69) is 0 Å². The van der Waals surface area contributed by atoms with Crippen molar-refractivity contribution in [3.63, 3.8) is 0 Å². The SMILES string of the molecule is CO[C@]1(C=CC=C(F)C#N)CC[C@H](c2ccc(C(F)(F)F)cc2)CC1. The maximum atomic E-state index is 12.8. The van der Waals surface area contributed by atoms with Crippen molar-refractivity contribution in [2.45, 2.75) is 43.4 Å². The minimum absolute atomic E-state index is 0.172. The van der Waals surface area contributed by atoms with Crippen molar-refractivity contribution in [2.75, 3.05) is 7.11 Å². The Morgan fingerprint density at radius 1 is 1.24 bits per heavy atom. The molecule has 0 spiro atoms. The average Bonchev–Trinajstić information content (AvgIpc) is 2.61. The number of methoxy groups -OCH3 is 1. The third kappa shape index (κ3) is 4.93. The molecular weight excluding hydrogens is 334 g/mol. The average molecular weight is 353 g/mol. The fourth-order valence-electron chi connectivity index (χ4n) is 3.17. The molecule has 1 saturated carbocycles. The smallest absolute Gasteiger partial charge is 0.374 e. The maximum absolute atomic E-state index is 12.8. The van der Waals surface area contributed by atoms with E-state index in [4.69, 9.17) is 10.00 Å². The van der Waals surface area contributed by atoms with Crippen LogP contribution in [-0.4, -0.2) is 12.7 Å². The third-order valence-electron chi connectivity index (χ3n) is 4.70. The molecule has 1 aromatic carbocycles. The van der Waals surface area contributed by atoms with Gasteiger partial charge < -0.3 is 4.74 Å². The molecule has 2 nitrogen and oxygen atoms in total. The molecule has 25 heavy (non-hydrogen) atoms. The first kappa shape index (κ1) is 19.2. The van der Waals surface area contributed by atoms with Crippen molar-refractivity contribution in [3.8, 4) is 6.07 Å². The molecule has 0 aliphatic heterocycles. The van der Waals surface area contributed by atoms with Crippen LogP contribution in [0.3, 0.4) is 0 Å². The first-order chi connectivity index (χ1) is 11.8. The molecule has 0 amide bonds. The fourth-order valence-corrected chi connectivity index (χ4v) is 3.17. The first-order valence-corrected chi connectivity index (χ1v) is 7.97. The normalized spacial score (nSPS) is 25.1. The summed E-state index contributed by atoms with van der Waals surface area (Å²) in [6.07, 6.45) is 2.84. The van der Waals surface area contributed by atoms with Crippen molar-refractivity contribution in [1.29, 1.82) is 5.26 Å². The Hall–Kier alpha value is -2.13. The molecule has 0 heterocycles. The highest BCUT2D eigenvalue weighted by atomic mass is 19.4. The lowest BCUT2D eigenvalue weighted by Crippen LogP contribution is -2.33. The van der Waals surface area contributed by atoms with E-state index in [-0.39, 0.29) is 5.92 Å². The van der Waals surface area contributed by atoms with Crippen LogP contribution in [0.4, 0.5) is 17.6 Å². The number of rotatable bonds is 4. The number of hydrogen-bond acceptors (Lipinski definition) is 2. The third-order valence-corrected chi connectivity index (χ3v) is 4.70. The molecule has 0 aromatic heterocycles. The molecule has 0 radical (unpaired) electrons. The van der Waals surface area contributed by atoms with Gasteiger partial charge in [0.05, 0.1) is 11.2 Å². The summed E-state index contributed by atoms with van der Waals surface area (Å²) in [5.74, 6) is -0.703. The molecule has 2 rings (SSSR count). The topological polar surface area (TPSA) is 33.0 Å². The Labute approximate surface area is 144 Å². The van der Waals surface area contributed by atoms with Crippen LogP contribution in [0.15, 0.2) is 48.3 Å². The van der Waals surface area contributed by atoms with Gasteiger partial charge in [-0.2, -0.15) is 22.8 Å². The molecule has 1 fully saturated rings. The van der Waals surface area contributed by atoms with Crippen molar-refractivity contribution in [3.05, 3.63) is 59.4 Å². The number of nitrogens with zero attached hydrogens (tertiary/aromatic N) is 1. The van der Waals surface area contributed by atoms with Gasteiger partial charge in [0.2, 0.25) is 0 Å². The zero-order valence-electron chi connectivity index (χ0n) is 13.8. The maximum Gasteiger partial charge on any atom is 0.416 e. The number of allylic oxidation sites excluding steroid dienone is 3. The van der Waals surface area contributed by atoms with Gasteiger partial charge in [0.25, 0.3) is 0 Å². The fraction of sp³-hybridized carbons (Fsp3) is 0.421. The van der Waals surface area contributed by atoms with E-state index in [0.29, 0.717) is 12.8 Å². The van der Waals surface area contributed by atoms with Gasteiger partial charge in [-0.1, -0.05) is 24.3 Å². The summed E-state index contributed by atoms with van der Waals surface area (Å²) >= 11 is 0. The summed E-state index contributed by atoms with van der Waals surface area (Å²) < 4.78 is 56.3. The molecule has 6 heteroatoms. The van der Waals surface area contributed by atoms with Crippen molar-refractivity contribution in [2.24, 2.45) is 0 Å². The Morgan fingerprint density at radius 3 is 2.32 bits per heavy atom. The van der Waals surface area contributed by atoms with E-state index in [1.807, 2.05) is 0 Å². The van der Waals surface area contributed by atoms with E-state index in [1.165, 1.54) is 24.3 Å². The van der Waals surface area contributed by atoms with Gasteiger partial charge in [-0.25, -0.2) is 0 Å². The monoisotopic (exact) mass is 353 g/mol. The van der Waals surface area contributed by atoms with E-state index in [0.717, 1.165) is 36.6 Å². The van der Waals surface area contributed by atoms with Gasteiger partial charge >= 0.3 is 6.18 Å². The molecule has 0 N–H and O–H groups in total. The lowest BCUT2D eigenvalue weighted by atomic mass is 9.75. The van der Waals surface area contributed by atoms with Crippen molar-refractivity contribution < 1.29 is 22.3 Å². The molecule has 134 valence electrons. The first-order valence-electron chi connectivity index (χ1n) is 7.97. The lowest BCUT2D eigenvalue weighted by Gasteiger charge is -2.37. The van der Waals surface area contributed by atoms with Gasteiger partial charge in [0.1, 0.15) is 6.07 Å². The van der Waals surface area contributed by atoms with Crippen molar-refractivity contribution >= 4 is 0 Å². The second-order valence-corrected chi connectivity index (χ2v) is 6.15. The highest BCUT2D eigenvalue weighted by Crippen LogP contribution is 2.41. The Kier molecular flexibility index (Phi) is 6.02. The standard InChI is InChI=1S/C19H19F4NO/c1-25-18(10-2-3-17(20)13-24)11-8-15(9-12-18)14-4-6-16(7-5-14)19(21,22)23/h2-7,10,15H,8-9,11-12H2,1H3/t15-,18+. The molecule has 0 unspecified atom stereocenters. The number of benzene rings is 1. The Bertz CT molecular complexity index is 675. The Balaban J connectivity index is 2.03. The van der Waals surface area contributed by atoms with E-state index < -0.39 is 23.2 Å². The molecule has 1 aromatic rings. The molecule has 0 saturated heterocycles. The van der Waals surface area contributed by atoms with Crippen LogP contribution in [0.25, 0.3) is 0 Å². The number of alkyl halides is 3. The molecule has 0 atom stereocenters. The minimum Gasteiger partial charge on any atom is -0.374 e. The van der Waals surface area contributed by atoms with Crippen LogP contribution in [0.2, 0.25) is 0 Å². The van der Waals surface area contributed by atoms with E-state index in [9.17, 15) is 17.6 Å². The molecule has 1 aliphatic rings. The minimum atomic E-state index is -4.33. The van der Waals surface area contributed by atoms with Crippen LogP contribution in [0, 0.1) is 11.3 Å². The summed E-state index contributed by atoms with van der Waals surface area (Å²) in [5, 5.41) is 8.39. The van der Waals surface area contributed by atoms with Crippen LogP contribution >= 0.6 is 0 Å². The summed E-state index contributed by atoms with van der Waals surface area (Å²) in [4.78, 5) is 0. The number of hydrogen-bond donors (Lipinski definition) is 0. The largest absolute Gasteiger partial charge is 0.416 e. The molecule has 1 aliphatic carbocycles. The zero-order valence-corrected chi connectivity index (χ0v) is 13.8. The number of ether oxygens (including phenoxy) is 1. The van der Waals surface area contributed by atoms with Gasteiger partial charge in [0, 0.05) is 7.11 Å². The van der Waals surface area contributed by atoms with E-state index >= 15 is 0 Å². The second-order valence-electron chi connectivity index (χ2n) is 6.15. The molecular formula is C19H19F4NO. The van der Waals surface area contributed by atoms with Gasteiger partial charge in [-0.3, -0.25) is 0 Å². The van der Waals surface area contributed by atoms with Crippen LogP contribution < -0.4 is 0 Å². The number of halogens is 4. The summed E-state index contributed by atoms with van der Waals surface area (Å²) in [5.41, 5.74) is -0.293. The number of nitriles is 1. The van der Waals surface area contributed by atoms with Crippen molar-refractivity contribution in [1.82, 2.24) is 0 Å². The van der Waals surface area contributed by atoms with E-state index in [1.54, 1.807) is 13.2 Å². The van der Waals surface area contributed by atoms with Crippen LogP contribution in [0.5, 0.6) is 0 Å². The highest BCUT2D eigenvalue weighted by Gasteiger charge is 2.34. The Morgan fingerprint density at radius 2 is 1.84 bits per heavy atom. The summed E-state index contributed by atoms with van der Waals surface area (Å²) in [6, 6.07) is 6.70. The highest BCUT2D eigenvalue weighted by molar-refractivity contribution is 5.28. The predicted molar refractivity (Wildman–Crippen MR) is 86.3 cm³/mol. The zero-order chi connectivity index (χ0) is 18.5. The van der Waals surface area contributed by atoms with Gasteiger partial charge in [-0.15, -0.1) is 0 Å². The van der Waals surface area contributed by atoms with Gasteiger partial charge in [0.15, 0.2) is 5.83 Å². The summed E-state index contributed by atoms with van der Waals surface area (Å²) in [6.45, 7) is 0. The predicted octanol–water partition coefficient (Wildman–Crippen LogP) is 5.68. The lowest BCUT2D eigenvalue weighted by molar-refractivity contribution is -0.137. The summed E-state index contributed by atoms with van der Waals surface area (Å²) in [7, 11) is 1.58. The van der Waals surface area contributed by atoms with Gasteiger partial charge in [-0.05, 0) is 55.4 Å². The van der Waals surface area contributed by atoms with Crippen LogP contribution in [-0.2, 0) is 10.9 Å². The molecule has 0 bridgehead atoms. The van der Waals surface area contributed by atoms with Crippen LogP contribution in [0.1, 0.15) is 42.7 Å².